The second-order valence-electron chi connectivity index (χ2n) is 8.04. The summed E-state index contributed by atoms with van der Waals surface area (Å²) >= 11 is 0. The van der Waals surface area contributed by atoms with Crippen molar-refractivity contribution in [2.45, 2.75) is 45.6 Å². The summed E-state index contributed by atoms with van der Waals surface area (Å²) in [6.45, 7) is 7.29. The number of benzene rings is 2. The zero-order valence-electron chi connectivity index (χ0n) is 17.2. The Morgan fingerprint density at radius 3 is 2.17 bits per heavy atom. The van der Waals surface area contributed by atoms with Gasteiger partial charge in [0.25, 0.3) is 0 Å². The fourth-order valence-corrected chi connectivity index (χ4v) is 3.83. The summed E-state index contributed by atoms with van der Waals surface area (Å²) in [5, 5.41) is 2.38. The summed E-state index contributed by atoms with van der Waals surface area (Å²) in [5.74, 6) is 4.72. The van der Waals surface area contributed by atoms with Crippen LogP contribution in [0.4, 0.5) is 0 Å². The molecule has 2 N–H and O–H groups in total. The lowest BCUT2D eigenvalue weighted by Gasteiger charge is -2.18. The number of nitrogens with two attached hydrogens (primary N) is 1. The molecule has 1 unspecified atom stereocenters. The fourth-order valence-electron chi connectivity index (χ4n) is 3.83. The van der Waals surface area contributed by atoms with Gasteiger partial charge < -0.3 is 36.7 Å². The second-order valence-corrected chi connectivity index (χ2v) is 8.04. The molecule has 5 nitrogen and oxygen atoms in total. The highest BCUT2D eigenvalue weighted by atomic mass is 35.5. The molecular formula is C23H30ClNO4. The van der Waals surface area contributed by atoms with Crippen LogP contribution in [0.25, 0.3) is 0 Å². The molecule has 2 aliphatic rings. The largest absolute Gasteiger partial charge is 1.00 e. The quantitative estimate of drug-likeness (QED) is 0.611. The third kappa shape index (κ3) is 5.49. The van der Waals surface area contributed by atoms with Crippen LogP contribution in [0.15, 0.2) is 36.4 Å². The fraction of sp³-hybridized carbons (Fsp3) is 0.478. The maximum atomic E-state index is 5.58. The summed E-state index contributed by atoms with van der Waals surface area (Å²) in [6, 6.07) is 12.6. The second kappa shape index (κ2) is 10.1. The standard InChI is InChI=1S/C23H29NO4.ClH/c1-16(2)3-5-18(19-6-8-21-23(12-19)28-15-26-21)9-10-24-13-17-4-7-20-22(11-17)27-14-25-20;/h4,6-8,11-12,16,18,24H,3,5,9-10,13-15H2,1-2H3;1H. The normalized spacial score (nSPS) is 14.7. The average molecular weight is 420 g/mol. The van der Waals surface area contributed by atoms with E-state index >= 15 is 0 Å². The van der Waals surface area contributed by atoms with Crippen molar-refractivity contribution in [2.75, 3.05) is 20.1 Å². The molecule has 0 spiro atoms. The lowest BCUT2D eigenvalue weighted by Crippen LogP contribution is -3.00. The average Bonchev–Trinajstić information content (AvgIpc) is 3.35. The number of hydrogen-bond acceptors (Lipinski definition) is 4. The number of hydrogen-bond donors (Lipinski definition) is 1. The highest BCUT2D eigenvalue weighted by Gasteiger charge is 2.19. The van der Waals surface area contributed by atoms with E-state index in [0.717, 1.165) is 42.5 Å². The van der Waals surface area contributed by atoms with Gasteiger partial charge in [0.2, 0.25) is 13.6 Å². The number of quaternary nitrogens is 1. The van der Waals surface area contributed by atoms with E-state index in [-0.39, 0.29) is 12.4 Å². The Morgan fingerprint density at radius 2 is 1.45 bits per heavy atom. The third-order valence-corrected chi connectivity index (χ3v) is 5.50. The topological polar surface area (TPSA) is 53.5 Å². The maximum Gasteiger partial charge on any atom is 0.231 e. The summed E-state index contributed by atoms with van der Waals surface area (Å²) in [5.41, 5.74) is 2.63. The van der Waals surface area contributed by atoms with Crippen LogP contribution in [0.1, 0.15) is 50.2 Å². The minimum Gasteiger partial charge on any atom is -1.00 e. The monoisotopic (exact) mass is 419 g/mol. The van der Waals surface area contributed by atoms with Crippen molar-refractivity contribution in [1.29, 1.82) is 0 Å². The van der Waals surface area contributed by atoms with Gasteiger partial charge in [0, 0.05) is 12.0 Å². The molecule has 2 aromatic rings. The van der Waals surface area contributed by atoms with Gasteiger partial charge in [0.15, 0.2) is 23.0 Å². The predicted molar refractivity (Wildman–Crippen MR) is 107 cm³/mol. The zero-order valence-corrected chi connectivity index (χ0v) is 17.9. The van der Waals surface area contributed by atoms with E-state index in [0.29, 0.717) is 25.4 Å². The van der Waals surface area contributed by atoms with E-state index in [9.17, 15) is 0 Å². The van der Waals surface area contributed by atoms with Crippen molar-refractivity contribution in [3.8, 4) is 23.0 Å². The first-order valence-electron chi connectivity index (χ1n) is 10.3. The Balaban J connectivity index is 0.00000240. The SMILES string of the molecule is CC(C)CCC(CC[NH2+]Cc1ccc2c(c1)OCO2)c1ccc2c(c1)OCO2.[Cl-]. The molecule has 0 aromatic heterocycles. The molecule has 29 heavy (non-hydrogen) atoms. The summed E-state index contributed by atoms with van der Waals surface area (Å²) in [7, 11) is 0. The first-order chi connectivity index (χ1) is 13.7. The van der Waals surface area contributed by atoms with Gasteiger partial charge in [-0.05, 0) is 54.2 Å². The summed E-state index contributed by atoms with van der Waals surface area (Å²) < 4.78 is 21.9. The van der Waals surface area contributed by atoms with Crippen molar-refractivity contribution in [1.82, 2.24) is 0 Å². The van der Waals surface area contributed by atoms with Crippen molar-refractivity contribution < 1.29 is 36.7 Å². The minimum absolute atomic E-state index is 0. The van der Waals surface area contributed by atoms with E-state index in [1.165, 1.54) is 24.0 Å². The van der Waals surface area contributed by atoms with Crippen molar-refractivity contribution in [3.63, 3.8) is 0 Å². The van der Waals surface area contributed by atoms with Crippen LogP contribution < -0.4 is 36.7 Å². The molecule has 158 valence electrons. The zero-order chi connectivity index (χ0) is 19.3. The summed E-state index contributed by atoms with van der Waals surface area (Å²) in [4.78, 5) is 0. The van der Waals surface area contributed by atoms with E-state index in [4.69, 9.17) is 18.9 Å². The Bertz CT molecular complexity index is 811. The van der Waals surface area contributed by atoms with E-state index in [1.54, 1.807) is 0 Å². The lowest BCUT2D eigenvalue weighted by atomic mass is 9.88. The smallest absolute Gasteiger partial charge is 0.231 e. The van der Waals surface area contributed by atoms with E-state index < -0.39 is 0 Å². The Labute approximate surface area is 179 Å². The molecule has 1 atom stereocenters. The minimum atomic E-state index is 0. The molecule has 6 heteroatoms. The highest BCUT2D eigenvalue weighted by Crippen LogP contribution is 2.37. The molecule has 0 aliphatic carbocycles. The Kier molecular flexibility index (Phi) is 7.51. The summed E-state index contributed by atoms with van der Waals surface area (Å²) in [6.07, 6.45) is 3.59. The van der Waals surface area contributed by atoms with Crippen LogP contribution in [-0.2, 0) is 6.54 Å². The number of halogens is 1. The first-order valence-corrected chi connectivity index (χ1v) is 10.3. The molecule has 2 heterocycles. The van der Waals surface area contributed by atoms with Crippen molar-refractivity contribution in [3.05, 3.63) is 47.5 Å². The molecule has 0 radical (unpaired) electrons. The van der Waals surface area contributed by atoms with Crippen LogP contribution in [0.5, 0.6) is 23.0 Å². The predicted octanol–water partition coefficient (Wildman–Crippen LogP) is 0.822. The van der Waals surface area contributed by atoms with Crippen LogP contribution in [-0.4, -0.2) is 20.1 Å². The van der Waals surface area contributed by atoms with Gasteiger partial charge in [-0.1, -0.05) is 26.3 Å². The van der Waals surface area contributed by atoms with E-state index in [1.807, 2.05) is 6.07 Å². The van der Waals surface area contributed by atoms with Crippen LogP contribution >= 0.6 is 0 Å². The first kappa shape index (κ1) is 21.6. The molecule has 2 aliphatic heterocycles. The molecule has 0 fully saturated rings. The van der Waals surface area contributed by atoms with Crippen molar-refractivity contribution >= 4 is 0 Å². The van der Waals surface area contributed by atoms with Crippen LogP contribution in [0.2, 0.25) is 0 Å². The molecule has 2 aromatic carbocycles. The molecule has 0 amide bonds. The molecule has 4 rings (SSSR count). The van der Waals surface area contributed by atoms with Gasteiger partial charge in [0.1, 0.15) is 6.54 Å². The highest BCUT2D eigenvalue weighted by molar-refractivity contribution is 5.45. The van der Waals surface area contributed by atoms with Crippen LogP contribution in [0, 0.1) is 5.92 Å². The number of ether oxygens (including phenoxy) is 4. The molecule has 0 saturated carbocycles. The number of fused-ring (bicyclic) bond motifs is 2. The maximum absolute atomic E-state index is 5.58. The third-order valence-electron chi connectivity index (χ3n) is 5.50. The van der Waals surface area contributed by atoms with Gasteiger partial charge >= 0.3 is 0 Å². The van der Waals surface area contributed by atoms with Crippen molar-refractivity contribution in [2.24, 2.45) is 5.92 Å². The van der Waals surface area contributed by atoms with Crippen LogP contribution in [0.3, 0.4) is 0 Å². The lowest BCUT2D eigenvalue weighted by molar-refractivity contribution is -0.671. The van der Waals surface area contributed by atoms with E-state index in [2.05, 4.69) is 49.5 Å². The van der Waals surface area contributed by atoms with Gasteiger partial charge in [0.05, 0.1) is 6.54 Å². The van der Waals surface area contributed by atoms with Gasteiger partial charge in [-0.3, -0.25) is 0 Å². The van der Waals surface area contributed by atoms with Gasteiger partial charge in [-0.2, -0.15) is 0 Å². The molecule has 0 saturated heterocycles. The molecule has 0 bridgehead atoms. The Hall–Kier alpha value is -2.11. The molecular weight excluding hydrogens is 390 g/mol. The van der Waals surface area contributed by atoms with Gasteiger partial charge in [-0.25, -0.2) is 0 Å². The van der Waals surface area contributed by atoms with Gasteiger partial charge in [-0.15, -0.1) is 0 Å². The number of rotatable bonds is 9. The Morgan fingerprint density at radius 1 is 0.793 bits per heavy atom.